The molecular formula is C14H12O4Ru2. The first kappa shape index (κ1) is 36.9. The van der Waals surface area contributed by atoms with Gasteiger partial charge in [-0.15, -0.1) is 0 Å². The summed E-state index contributed by atoms with van der Waals surface area (Å²) < 4.78 is 15.0. The van der Waals surface area contributed by atoms with Crippen molar-refractivity contribution < 1.29 is 57.8 Å². The number of carbonyl (C=O) groups excluding carboxylic acids is 2. The Morgan fingerprint density at radius 3 is 0.600 bits per heavy atom. The molecule has 2 fully saturated rings. The molecule has 2 aliphatic rings. The third-order valence-corrected chi connectivity index (χ3v) is 1.11. The van der Waals surface area contributed by atoms with Gasteiger partial charge in [-0.2, -0.15) is 0 Å². The molecule has 0 heterocycles. The summed E-state index contributed by atoms with van der Waals surface area (Å²) >= 11 is 0. The molecule has 0 saturated heterocycles. The quantitative estimate of drug-likeness (QED) is 0.244. The van der Waals surface area contributed by atoms with Crippen LogP contribution >= 0.6 is 0 Å². The summed E-state index contributed by atoms with van der Waals surface area (Å²) in [5.41, 5.74) is 0. The molecule has 0 unspecified atom stereocenters. The Labute approximate surface area is 148 Å². The van der Waals surface area contributed by atoms with Crippen LogP contribution in [0.3, 0.4) is 0 Å². The van der Waals surface area contributed by atoms with Crippen molar-refractivity contribution in [2.24, 2.45) is 0 Å². The first-order valence-electron chi connectivity index (χ1n) is 4.21. The minimum absolute atomic E-state index is 0. The van der Waals surface area contributed by atoms with E-state index < -0.39 is 0 Å². The average Bonchev–Trinajstić information content (AvgIpc) is 3.25. The van der Waals surface area contributed by atoms with Crippen molar-refractivity contribution in [3.63, 3.8) is 0 Å². The number of hydrogen-bond acceptors (Lipinski definition) is 2. The van der Waals surface area contributed by atoms with Gasteiger partial charge in [-0.3, -0.25) is 13.6 Å². The van der Waals surface area contributed by atoms with Gasteiger partial charge < -0.3 is 9.59 Å². The molecule has 0 bridgehead atoms. The van der Waals surface area contributed by atoms with Crippen LogP contribution in [-0.2, 0) is 57.8 Å². The fourth-order valence-electron chi connectivity index (χ4n) is 0.642. The normalized spacial score (nSPS) is 12.6. The fourth-order valence-corrected chi connectivity index (χ4v) is 0.642. The van der Waals surface area contributed by atoms with E-state index in [0.717, 1.165) is 0 Å². The van der Waals surface area contributed by atoms with E-state index in [1.54, 1.807) is 0 Å². The molecular weight excluding hydrogens is 434 g/mol. The van der Waals surface area contributed by atoms with Crippen LogP contribution in [0.25, 0.3) is 0 Å². The predicted molar refractivity (Wildman–Crippen MR) is 64.4 cm³/mol. The summed E-state index contributed by atoms with van der Waals surface area (Å²) in [5.74, 6) is 0. The second kappa shape index (κ2) is 61.4. The molecule has 2 aliphatic carbocycles. The zero-order chi connectivity index (χ0) is 15.1. The van der Waals surface area contributed by atoms with E-state index in [9.17, 15) is 0 Å². The smallest absolute Gasteiger partial charge is 0.545 e. The monoisotopic (exact) mass is 448 g/mol. The van der Waals surface area contributed by atoms with Crippen molar-refractivity contribution in [2.45, 2.75) is 0 Å². The molecule has 0 spiro atoms. The summed E-state index contributed by atoms with van der Waals surface area (Å²) in [5, 5.41) is 0. The van der Waals surface area contributed by atoms with E-state index >= 15 is 0 Å². The van der Waals surface area contributed by atoms with Crippen LogP contribution < -0.4 is 0 Å². The fraction of sp³-hybridized carbons (Fsp3) is 0. The molecule has 0 N–H and O–H groups in total. The molecule has 0 aromatic heterocycles. The maximum Gasteiger partial charge on any atom is 2.00 e. The zero-order valence-electron chi connectivity index (χ0n) is 10.3. The molecule has 2 saturated carbocycles. The molecule has 0 aromatic rings. The first-order chi connectivity index (χ1) is 9.00. The summed E-state index contributed by atoms with van der Waals surface area (Å²) in [4.78, 5) is 15.5. The molecule has 2 rings (SSSR count). The van der Waals surface area contributed by atoms with Crippen LogP contribution in [-0.4, -0.2) is 13.6 Å². The third kappa shape index (κ3) is 51.9. The van der Waals surface area contributed by atoms with Crippen LogP contribution in [0.5, 0.6) is 0 Å². The SMILES string of the molecule is [C-]#[O+].[C-]#[O+].[CH-]=O.[CH-]=O.[CH]1[CH][CH][CH][CH]1.[CH]1[CH][CH][CH][CH]1.[Ru+2].[Ru]. The second-order valence-corrected chi connectivity index (χ2v) is 1.92. The van der Waals surface area contributed by atoms with Crippen molar-refractivity contribution in [3.8, 4) is 0 Å². The number of hydrogen-bond donors (Lipinski definition) is 0. The van der Waals surface area contributed by atoms with E-state index in [0.29, 0.717) is 0 Å². The summed E-state index contributed by atoms with van der Waals surface area (Å²) in [6, 6.07) is 0. The zero-order valence-corrected chi connectivity index (χ0v) is 13.7. The van der Waals surface area contributed by atoms with Crippen molar-refractivity contribution in [1.82, 2.24) is 0 Å². The molecule has 0 aromatic carbocycles. The van der Waals surface area contributed by atoms with Gasteiger partial charge in [-0.1, -0.05) is 0 Å². The van der Waals surface area contributed by atoms with Gasteiger partial charge in [0, 0.05) is 19.5 Å². The van der Waals surface area contributed by atoms with Crippen LogP contribution in [0.15, 0.2) is 0 Å². The Bertz CT molecular complexity index is 123. The van der Waals surface area contributed by atoms with Crippen LogP contribution in [0.1, 0.15) is 0 Å². The minimum atomic E-state index is 0. The maximum absolute atomic E-state index is 7.75. The Morgan fingerprint density at radius 1 is 0.500 bits per heavy atom. The van der Waals surface area contributed by atoms with Crippen molar-refractivity contribution >= 4 is 13.6 Å². The molecule has 0 atom stereocenters. The van der Waals surface area contributed by atoms with Gasteiger partial charge in [0.2, 0.25) is 0 Å². The van der Waals surface area contributed by atoms with Gasteiger partial charge in [0.25, 0.3) is 0 Å². The Balaban J connectivity index is -0.0000000311. The minimum Gasteiger partial charge on any atom is -0.545 e. The van der Waals surface area contributed by atoms with Gasteiger partial charge in [0.05, 0.1) is 0 Å². The predicted octanol–water partition coefficient (Wildman–Crippen LogP) is 1.41. The van der Waals surface area contributed by atoms with Gasteiger partial charge in [-0.05, 0) is 64.2 Å². The van der Waals surface area contributed by atoms with E-state index in [1.807, 2.05) is 64.2 Å². The Morgan fingerprint density at radius 2 is 0.550 bits per heavy atom. The summed E-state index contributed by atoms with van der Waals surface area (Å²) in [7, 11) is 0. The number of rotatable bonds is 0. The molecule has 6 heteroatoms. The Kier molecular flexibility index (Phi) is 113. The third-order valence-electron chi connectivity index (χ3n) is 1.11. The van der Waals surface area contributed by atoms with E-state index in [1.165, 1.54) is 0 Å². The molecule has 108 valence electrons. The van der Waals surface area contributed by atoms with E-state index in [-0.39, 0.29) is 39.0 Å². The molecule has 0 amide bonds. The largest absolute Gasteiger partial charge is 2.00 e. The van der Waals surface area contributed by atoms with Crippen LogP contribution in [0, 0.1) is 77.5 Å². The van der Waals surface area contributed by atoms with E-state index in [2.05, 4.69) is 26.9 Å². The molecule has 0 aliphatic heterocycles. The van der Waals surface area contributed by atoms with Gasteiger partial charge in [-0.25, -0.2) is 0 Å². The van der Waals surface area contributed by atoms with E-state index in [4.69, 9.17) is 18.9 Å². The van der Waals surface area contributed by atoms with Crippen molar-refractivity contribution in [2.75, 3.05) is 0 Å². The van der Waals surface area contributed by atoms with Crippen LogP contribution in [0.2, 0.25) is 0 Å². The van der Waals surface area contributed by atoms with Gasteiger partial charge in [0.15, 0.2) is 0 Å². The standard InChI is InChI=1S/2C5H5.2CHO.2CO.2Ru/c2*1-2-4-5-3-1;4*1-2;;/h2*1-5H;2*1H;;;;/q;;2*-1;;;;+2. The topological polar surface area (TPSA) is 73.9 Å². The molecule has 4 nitrogen and oxygen atoms in total. The first-order valence-corrected chi connectivity index (χ1v) is 4.21. The van der Waals surface area contributed by atoms with Gasteiger partial charge >= 0.3 is 42.1 Å². The summed E-state index contributed by atoms with van der Waals surface area (Å²) in [6.45, 7) is 15.5. The maximum atomic E-state index is 7.75. The second-order valence-electron chi connectivity index (χ2n) is 1.92. The summed E-state index contributed by atoms with van der Waals surface area (Å²) in [6.07, 6.45) is 20.0. The molecule has 10 radical (unpaired) electrons. The van der Waals surface area contributed by atoms with Crippen LogP contribution in [0.4, 0.5) is 0 Å². The average molecular weight is 446 g/mol. The van der Waals surface area contributed by atoms with Crippen molar-refractivity contribution in [1.29, 1.82) is 0 Å². The Hall–Kier alpha value is 0.0668. The molecule has 20 heavy (non-hydrogen) atoms. The van der Waals surface area contributed by atoms with Crippen molar-refractivity contribution in [3.05, 3.63) is 77.5 Å². The van der Waals surface area contributed by atoms with Gasteiger partial charge in [0.1, 0.15) is 0 Å².